The highest BCUT2D eigenvalue weighted by molar-refractivity contribution is 7.92. The Bertz CT molecular complexity index is 1080. The fraction of sp³-hybridized carbons (Fsp3) is 0.429. The molecular formula is C21H27N3O6S. The van der Waals surface area contributed by atoms with Gasteiger partial charge in [-0.05, 0) is 44.5 Å². The molecule has 1 N–H and O–H groups in total. The Labute approximate surface area is 182 Å². The van der Waals surface area contributed by atoms with Gasteiger partial charge in [-0.3, -0.25) is 9.71 Å². The topological polar surface area (TPSA) is 107 Å². The highest BCUT2D eigenvalue weighted by Gasteiger charge is 2.27. The van der Waals surface area contributed by atoms with Crippen LogP contribution in [0.3, 0.4) is 0 Å². The number of pyridine rings is 1. The lowest BCUT2D eigenvalue weighted by Crippen LogP contribution is -2.40. The molecule has 1 aromatic heterocycles. The van der Waals surface area contributed by atoms with Crippen LogP contribution in [0.5, 0.6) is 11.5 Å². The van der Waals surface area contributed by atoms with Gasteiger partial charge in [0, 0.05) is 24.7 Å². The SMILES string of the molecule is COc1ccc(OC)c(S(=O)(=O)Nc2cnc3c(c2)CN(C(=O)OC(C)(C)C)CC3)c1. The van der Waals surface area contributed by atoms with Crippen LogP contribution in [0.4, 0.5) is 10.5 Å². The molecule has 1 amide bonds. The zero-order valence-electron chi connectivity index (χ0n) is 18.3. The second-order valence-corrected chi connectivity index (χ2v) is 9.75. The first kappa shape index (κ1) is 22.7. The minimum atomic E-state index is -3.97. The standard InChI is InChI=1S/C21H27N3O6S/c1-21(2,3)30-20(25)24-9-8-17-14(13-24)10-15(12-22-17)23-31(26,27)19-11-16(28-4)6-7-18(19)29-5/h6-7,10-12,23H,8-9,13H2,1-5H3. The molecule has 0 spiro atoms. The maximum Gasteiger partial charge on any atom is 0.410 e. The Morgan fingerprint density at radius 3 is 2.55 bits per heavy atom. The average molecular weight is 450 g/mol. The fourth-order valence-corrected chi connectivity index (χ4v) is 4.39. The van der Waals surface area contributed by atoms with E-state index in [1.54, 1.807) is 17.0 Å². The van der Waals surface area contributed by atoms with E-state index in [1.807, 2.05) is 20.8 Å². The number of nitrogens with one attached hydrogen (secondary N) is 1. The van der Waals surface area contributed by atoms with Crippen LogP contribution in [-0.2, 0) is 27.7 Å². The number of benzene rings is 1. The van der Waals surface area contributed by atoms with Crippen molar-refractivity contribution in [2.24, 2.45) is 0 Å². The van der Waals surface area contributed by atoms with Crippen molar-refractivity contribution < 1.29 is 27.4 Å². The monoisotopic (exact) mass is 449 g/mol. The van der Waals surface area contributed by atoms with Crippen LogP contribution in [0.15, 0.2) is 35.4 Å². The first-order valence-electron chi connectivity index (χ1n) is 9.73. The van der Waals surface area contributed by atoms with E-state index in [2.05, 4.69) is 9.71 Å². The molecule has 0 fully saturated rings. The van der Waals surface area contributed by atoms with Crippen molar-refractivity contribution in [3.63, 3.8) is 0 Å². The largest absolute Gasteiger partial charge is 0.497 e. The molecule has 0 atom stereocenters. The van der Waals surface area contributed by atoms with Gasteiger partial charge in [-0.15, -0.1) is 0 Å². The molecule has 168 valence electrons. The van der Waals surface area contributed by atoms with Crippen molar-refractivity contribution in [2.75, 3.05) is 25.5 Å². The van der Waals surface area contributed by atoms with Crippen molar-refractivity contribution in [1.82, 2.24) is 9.88 Å². The lowest BCUT2D eigenvalue weighted by atomic mass is 10.1. The van der Waals surface area contributed by atoms with Gasteiger partial charge in [-0.2, -0.15) is 0 Å². The number of carbonyl (C=O) groups is 1. The van der Waals surface area contributed by atoms with Crippen LogP contribution < -0.4 is 14.2 Å². The quantitative estimate of drug-likeness (QED) is 0.747. The van der Waals surface area contributed by atoms with Crippen molar-refractivity contribution in [3.05, 3.63) is 41.7 Å². The van der Waals surface area contributed by atoms with E-state index in [0.717, 1.165) is 11.3 Å². The molecule has 1 aromatic carbocycles. The second kappa shape index (κ2) is 8.62. The molecule has 0 aliphatic carbocycles. The van der Waals surface area contributed by atoms with E-state index >= 15 is 0 Å². The molecule has 2 heterocycles. The number of sulfonamides is 1. The van der Waals surface area contributed by atoms with Gasteiger partial charge in [-0.25, -0.2) is 13.2 Å². The van der Waals surface area contributed by atoms with Crippen LogP contribution in [0.1, 0.15) is 32.0 Å². The van der Waals surface area contributed by atoms with E-state index in [1.165, 1.54) is 32.5 Å². The highest BCUT2D eigenvalue weighted by Crippen LogP contribution is 2.30. The summed E-state index contributed by atoms with van der Waals surface area (Å²) < 4.78 is 44.3. The zero-order valence-corrected chi connectivity index (χ0v) is 19.1. The minimum Gasteiger partial charge on any atom is -0.497 e. The third kappa shape index (κ3) is 5.38. The predicted molar refractivity (Wildman–Crippen MR) is 115 cm³/mol. The van der Waals surface area contributed by atoms with E-state index in [9.17, 15) is 13.2 Å². The van der Waals surface area contributed by atoms with E-state index < -0.39 is 21.7 Å². The molecule has 0 saturated heterocycles. The first-order chi connectivity index (χ1) is 14.5. The second-order valence-electron chi connectivity index (χ2n) is 8.10. The summed E-state index contributed by atoms with van der Waals surface area (Å²) in [4.78, 5) is 18.3. The Balaban J connectivity index is 1.83. The highest BCUT2D eigenvalue weighted by atomic mass is 32.2. The predicted octanol–water partition coefficient (Wildman–Crippen LogP) is 3.19. The fourth-order valence-electron chi connectivity index (χ4n) is 3.17. The number of methoxy groups -OCH3 is 2. The molecular weight excluding hydrogens is 422 g/mol. The van der Waals surface area contributed by atoms with Gasteiger partial charge in [0.1, 0.15) is 22.0 Å². The molecule has 31 heavy (non-hydrogen) atoms. The number of aromatic nitrogens is 1. The number of rotatable bonds is 5. The molecule has 10 heteroatoms. The summed E-state index contributed by atoms with van der Waals surface area (Å²) in [6.07, 6.45) is 1.61. The molecule has 0 unspecified atom stereocenters. The van der Waals surface area contributed by atoms with Gasteiger partial charge < -0.3 is 19.1 Å². The van der Waals surface area contributed by atoms with Crippen molar-refractivity contribution in [3.8, 4) is 11.5 Å². The van der Waals surface area contributed by atoms with E-state index in [4.69, 9.17) is 14.2 Å². The molecule has 3 rings (SSSR count). The Kier molecular flexibility index (Phi) is 6.30. The van der Waals surface area contributed by atoms with Gasteiger partial charge in [0.15, 0.2) is 0 Å². The third-order valence-corrected chi connectivity index (χ3v) is 6.01. The maximum absolute atomic E-state index is 13.0. The van der Waals surface area contributed by atoms with Crippen LogP contribution >= 0.6 is 0 Å². The van der Waals surface area contributed by atoms with E-state index in [0.29, 0.717) is 18.7 Å². The summed E-state index contributed by atoms with van der Waals surface area (Å²) in [6.45, 7) is 6.20. The number of hydrogen-bond acceptors (Lipinski definition) is 7. The molecule has 0 saturated carbocycles. The number of hydrogen-bond donors (Lipinski definition) is 1. The van der Waals surface area contributed by atoms with Gasteiger partial charge in [0.05, 0.1) is 32.6 Å². The number of carbonyl (C=O) groups excluding carboxylic acids is 1. The summed E-state index contributed by atoms with van der Waals surface area (Å²) in [5.41, 5.74) is 1.27. The smallest absolute Gasteiger partial charge is 0.410 e. The van der Waals surface area contributed by atoms with Crippen molar-refractivity contribution in [1.29, 1.82) is 0 Å². The third-order valence-electron chi connectivity index (χ3n) is 4.60. The number of nitrogens with zero attached hydrogens (tertiary/aromatic N) is 2. The number of anilines is 1. The number of fused-ring (bicyclic) bond motifs is 1. The van der Waals surface area contributed by atoms with Crippen LogP contribution in [-0.4, -0.2) is 50.8 Å². The number of ether oxygens (including phenoxy) is 3. The Hall–Kier alpha value is -3.01. The molecule has 1 aliphatic heterocycles. The molecule has 0 bridgehead atoms. The lowest BCUT2D eigenvalue weighted by Gasteiger charge is -2.31. The van der Waals surface area contributed by atoms with Crippen molar-refractivity contribution >= 4 is 21.8 Å². The normalized spacial score (nSPS) is 13.9. The summed E-state index contributed by atoms with van der Waals surface area (Å²) in [5, 5.41) is 0. The van der Waals surface area contributed by atoms with E-state index in [-0.39, 0.29) is 22.9 Å². The van der Waals surface area contributed by atoms with Gasteiger partial charge in [0.2, 0.25) is 0 Å². The summed E-state index contributed by atoms with van der Waals surface area (Å²) in [7, 11) is -1.12. The Morgan fingerprint density at radius 2 is 1.90 bits per heavy atom. The van der Waals surface area contributed by atoms with Gasteiger partial charge in [-0.1, -0.05) is 0 Å². The van der Waals surface area contributed by atoms with Crippen LogP contribution in [0, 0.1) is 0 Å². The molecule has 0 radical (unpaired) electrons. The molecule has 9 nitrogen and oxygen atoms in total. The van der Waals surface area contributed by atoms with Crippen LogP contribution in [0.2, 0.25) is 0 Å². The lowest BCUT2D eigenvalue weighted by molar-refractivity contribution is 0.0222. The maximum atomic E-state index is 13.0. The summed E-state index contributed by atoms with van der Waals surface area (Å²) in [6, 6.07) is 6.21. The molecule has 1 aliphatic rings. The van der Waals surface area contributed by atoms with Crippen LogP contribution in [0.25, 0.3) is 0 Å². The van der Waals surface area contributed by atoms with Gasteiger partial charge >= 0.3 is 6.09 Å². The summed E-state index contributed by atoms with van der Waals surface area (Å²) in [5.74, 6) is 0.577. The van der Waals surface area contributed by atoms with Gasteiger partial charge in [0.25, 0.3) is 10.0 Å². The zero-order chi connectivity index (χ0) is 22.8. The minimum absolute atomic E-state index is 0.0533. The van der Waals surface area contributed by atoms with Crippen molar-refractivity contribution in [2.45, 2.75) is 44.2 Å². The first-order valence-corrected chi connectivity index (χ1v) is 11.2. The average Bonchev–Trinajstić information content (AvgIpc) is 2.71. The summed E-state index contributed by atoms with van der Waals surface area (Å²) >= 11 is 0. The molecule has 2 aromatic rings. The number of amides is 1. The Morgan fingerprint density at radius 1 is 1.16 bits per heavy atom.